The molecule has 2 rings (SSSR count). The molecule has 0 aliphatic rings. The average Bonchev–Trinajstić information content (AvgIpc) is 2.41. The van der Waals surface area contributed by atoms with Gasteiger partial charge in [0, 0.05) is 37.9 Å². The molecule has 0 fully saturated rings. The molecule has 1 aromatic carbocycles. The minimum Gasteiger partial charge on any atom is -0.378 e. The first-order valence-electron chi connectivity index (χ1n) is 6.18. The Balaban J connectivity index is 2.22. The van der Waals surface area contributed by atoms with Crippen LogP contribution >= 0.6 is 11.6 Å². The number of nitrogens with one attached hydrogen (secondary N) is 1. The third-order valence-corrected chi connectivity index (χ3v) is 3.29. The molecule has 0 bridgehead atoms. The number of carbonyl (C=O) groups excluding carboxylic acids is 1. The maximum absolute atomic E-state index is 12.2. The van der Waals surface area contributed by atoms with Crippen molar-refractivity contribution in [2.24, 2.45) is 0 Å². The van der Waals surface area contributed by atoms with Gasteiger partial charge in [-0.25, -0.2) is 0 Å². The van der Waals surface area contributed by atoms with Gasteiger partial charge < -0.3 is 10.2 Å². The molecule has 0 atom stereocenters. The van der Waals surface area contributed by atoms with Crippen LogP contribution in [-0.2, 0) is 0 Å². The maximum atomic E-state index is 12.2. The number of carbonyl (C=O) groups is 1. The normalized spacial score (nSPS) is 10.2. The van der Waals surface area contributed by atoms with E-state index in [0.717, 1.165) is 16.9 Å². The SMILES string of the molecule is Cc1cc(N(C)C)ccc1NC(=O)c1ccncc1Cl. The lowest BCUT2D eigenvalue weighted by atomic mass is 10.1. The minimum absolute atomic E-state index is 0.238. The summed E-state index contributed by atoms with van der Waals surface area (Å²) in [7, 11) is 3.95. The van der Waals surface area contributed by atoms with Crippen LogP contribution in [0, 0.1) is 6.92 Å². The van der Waals surface area contributed by atoms with E-state index in [4.69, 9.17) is 11.6 Å². The van der Waals surface area contributed by atoms with Crippen molar-refractivity contribution in [2.75, 3.05) is 24.3 Å². The summed E-state index contributed by atoms with van der Waals surface area (Å²) < 4.78 is 0. The van der Waals surface area contributed by atoms with Crippen LogP contribution in [0.5, 0.6) is 0 Å². The summed E-state index contributed by atoms with van der Waals surface area (Å²) in [6.07, 6.45) is 3.00. The van der Waals surface area contributed by atoms with Crippen molar-refractivity contribution in [1.29, 1.82) is 0 Å². The van der Waals surface area contributed by atoms with Crippen molar-refractivity contribution >= 4 is 28.9 Å². The second-order valence-electron chi connectivity index (χ2n) is 4.70. The highest BCUT2D eigenvalue weighted by atomic mass is 35.5. The van der Waals surface area contributed by atoms with E-state index in [1.807, 2.05) is 44.1 Å². The standard InChI is InChI=1S/C15H16ClN3O/c1-10-8-11(19(2)3)4-5-14(10)18-15(20)12-6-7-17-9-13(12)16/h4-9H,1-3H3,(H,18,20). The van der Waals surface area contributed by atoms with Gasteiger partial charge in [-0.1, -0.05) is 11.6 Å². The lowest BCUT2D eigenvalue weighted by Gasteiger charge is -2.15. The molecule has 0 radical (unpaired) electrons. The molecule has 0 spiro atoms. The summed E-state index contributed by atoms with van der Waals surface area (Å²) in [5.74, 6) is -0.238. The Morgan fingerprint density at radius 2 is 2.05 bits per heavy atom. The predicted molar refractivity (Wildman–Crippen MR) is 82.7 cm³/mol. The molecule has 0 saturated heterocycles. The summed E-state index contributed by atoms with van der Waals surface area (Å²) in [5.41, 5.74) is 3.27. The van der Waals surface area contributed by atoms with Crippen LogP contribution in [0.2, 0.25) is 5.02 Å². The molecule has 4 nitrogen and oxygen atoms in total. The van der Waals surface area contributed by atoms with Gasteiger partial charge in [-0.05, 0) is 36.8 Å². The van der Waals surface area contributed by atoms with Gasteiger partial charge in [0.05, 0.1) is 10.6 Å². The van der Waals surface area contributed by atoms with E-state index in [-0.39, 0.29) is 5.91 Å². The molecule has 0 unspecified atom stereocenters. The highest BCUT2D eigenvalue weighted by Crippen LogP contribution is 2.23. The molecule has 1 N–H and O–H groups in total. The van der Waals surface area contributed by atoms with Crippen LogP contribution in [0.3, 0.4) is 0 Å². The molecule has 5 heteroatoms. The van der Waals surface area contributed by atoms with Crippen LogP contribution in [0.1, 0.15) is 15.9 Å². The number of amides is 1. The van der Waals surface area contributed by atoms with Gasteiger partial charge >= 0.3 is 0 Å². The van der Waals surface area contributed by atoms with Gasteiger partial charge in [0.2, 0.25) is 0 Å². The molecule has 104 valence electrons. The highest BCUT2D eigenvalue weighted by molar-refractivity contribution is 6.34. The number of pyridine rings is 1. The van der Waals surface area contributed by atoms with Crippen LogP contribution < -0.4 is 10.2 Å². The third-order valence-electron chi connectivity index (χ3n) is 2.99. The summed E-state index contributed by atoms with van der Waals surface area (Å²) in [6, 6.07) is 7.46. The lowest BCUT2D eigenvalue weighted by molar-refractivity contribution is 0.102. The first-order chi connectivity index (χ1) is 9.49. The van der Waals surface area contributed by atoms with Gasteiger partial charge in [0.1, 0.15) is 0 Å². The number of nitrogens with zero attached hydrogens (tertiary/aromatic N) is 2. The average molecular weight is 290 g/mol. The number of benzene rings is 1. The number of hydrogen-bond acceptors (Lipinski definition) is 3. The Bertz CT molecular complexity index is 641. The summed E-state index contributed by atoms with van der Waals surface area (Å²) in [5, 5.41) is 3.20. The van der Waals surface area contributed by atoms with E-state index in [9.17, 15) is 4.79 Å². The van der Waals surface area contributed by atoms with Crippen LogP contribution in [0.4, 0.5) is 11.4 Å². The molecule has 1 amide bonds. The van der Waals surface area contributed by atoms with Gasteiger partial charge in [-0.15, -0.1) is 0 Å². The molecule has 1 heterocycles. The van der Waals surface area contributed by atoms with Crippen LogP contribution in [0.15, 0.2) is 36.7 Å². The van der Waals surface area contributed by atoms with Crippen molar-refractivity contribution in [2.45, 2.75) is 6.92 Å². The zero-order chi connectivity index (χ0) is 14.7. The Hall–Kier alpha value is -2.07. The molecular formula is C15H16ClN3O. The van der Waals surface area contributed by atoms with Gasteiger partial charge in [-0.2, -0.15) is 0 Å². The monoisotopic (exact) mass is 289 g/mol. The maximum Gasteiger partial charge on any atom is 0.257 e. The minimum atomic E-state index is -0.238. The molecule has 0 aliphatic carbocycles. The van der Waals surface area contributed by atoms with Gasteiger partial charge in [0.15, 0.2) is 0 Å². The quantitative estimate of drug-likeness (QED) is 0.942. The topological polar surface area (TPSA) is 45.2 Å². The van der Waals surface area contributed by atoms with E-state index in [0.29, 0.717) is 10.6 Å². The van der Waals surface area contributed by atoms with Gasteiger partial charge in [0.25, 0.3) is 5.91 Å². The second kappa shape index (κ2) is 5.92. The third kappa shape index (κ3) is 3.08. The van der Waals surface area contributed by atoms with Crippen molar-refractivity contribution < 1.29 is 4.79 Å². The highest BCUT2D eigenvalue weighted by Gasteiger charge is 2.11. The summed E-state index contributed by atoms with van der Waals surface area (Å²) in [4.78, 5) is 18.0. The smallest absolute Gasteiger partial charge is 0.257 e. The lowest BCUT2D eigenvalue weighted by Crippen LogP contribution is -2.14. The number of hydrogen-bond donors (Lipinski definition) is 1. The van der Waals surface area contributed by atoms with Crippen molar-refractivity contribution in [3.63, 3.8) is 0 Å². The zero-order valence-corrected chi connectivity index (χ0v) is 12.4. The molecule has 1 aromatic heterocycles. The fourth-order valence-corrected chi connectivity index (χ4v) is 2.02. The number of halogens is 1. The largest absolute Gasteiger partial charge is 0.378 e. The summed E-state index contributed by atoms with van der Waals surface area (Å²) in [6.45, 7) is 1.96. The number of aryl methyl sites for hydroxylation is 1. The Morgan fingerprint density at radius 3 is 2.65 bits per heavy atom. The van der Waals surface area contributed by atoms with E-state index in [1.165, 1.54) is 6.20 Å². The van der Waals surface area contributed by atoms with Gasteiger partial charge in [-0.3, -0.25) is 9.78 Å². The Kier molecular flexibility index (Phi) is 4.25. The fraction of sp³-hybridized carbons (Fsp3) is 0.200. The predicted octanol–water partition coefficient (Wildman–Crippen LogP) is 3.36. The first-order valence-corrected chi connectivity index (χ1v) is 6.55. The van der Waals surface area contributed by atoms with Crippen molar-refractivity contribution in [3.05, 3.63) is 52.8 Å². The zero-order valence-electron chi connectivity index (χ0n) is 11.6. The second-order valence-corrected chi connectivity index (χ2v) is 5.11. The molecule has 0 saturated carbocycles. The van der Waals surface area contributed by atoms with Crippen molar-refractivity contribution in [1.82, 2.24) is 4.98 Å². The van der Waals surface area contributed by atoms with E-state index in [1.54, 1.807) is 12.3 Å². The van der Waals surface area contributed by atoms with E-state index in [2.05, 4.69) is 10.3 Å². The van der Waals surface area contributed by atoms with E-state index < -0.39 is 0 Å². The van der Waals surface area contributed by atoms with Crippen LogP contribution in [0.25, 0.3) is 0 Å². The number of aromatic nitrogens is 1. The first kappa shape index (κ1) is 14.3. The van der Waals surface area contributed by atoms with E-state index >= 15 is 0 Å². The Labute approximate surface area is 123 Å². The molecule has 0 aliphatic heterocycles. The Morgan fingerprint density at radius 1 is 1.30 bits per heavy atom. The summed E-state index contributed by atoms with van der Waals surface area (Å²) >= 11 is 5.96. The fourth-order valence-electron chi connectivity index (χ4n) is 1.82. The molecular weight excluding hydrogens is 274 g/mol. The molecule has 20 heavy (non-hydrogen) atoms. The number of rotatable bonds is 3. The van der Waals surface area contributed by atoms with Crippen molar-refractivity contribution in [3.8, 4) is 0 Å². The molecule has 2 aromatic rings. The van der Waals surface area contributed by atoms with Crippen LogP contribution in [-0.4, -0.2) is 25.0 Å². The number of anilines is 2.